The fraction of sp³-hybridized carbons (Fsp3) is 0.333. The minimum absolute atomic E-state index is 0.0976. The number of methoxy groups -OCH3 is 3. The van der Waals surface area contributed by atoms with Crippen molar-refractivity contribution >= 4 is 17.4 Å². The van der Waals surface area contributed by atoms with E-state index in [0.29, 0.717) is 29.4 Å². The number of aliphatic hydroxyl groups is 1. The zero-order valence-corrected chi connectivity index (χ0v) is 19.2. The number of ketones is 1. The third-order valence-corrected chi connectivity index (χ3v) is 5.45. The number of aliphatic hydroxyl groups excluding tert-OH is 1. The highest BCUT2D eigenvalue weighted by molar-refractivity contribution is 6.46. The largest absolute Gasteiger partial charge is 0.507 e. The molecule has 1 saturated heterocycles. The molecule has 1 aliphatic rings. The third kappa shape index (κ3) is 4.63. The number of ether oxygens (including phenoxy) is 3. The van der Waals surface area contributed by atoms with Gasteiger partial charge in [0.2, 0.25) is 5.75 Å². The molecule has 0 radical (unpaired) electrons. The predicted octanol–water partition coefficient (Wildman–Crippen LogP) is 2.83. The minimum Gasteiger partial charge on any atom is -0.507 e. The van der Waals surface area contributed by atoms with Crippen molar-refractivity contribution in [3.63, 3.8) is 0 Å². The Morgan fingerprint density at radius 1 is 1.03 bits per heavy atom. The standard InChI is InChI=1S/C24H27FN2O6/c1-26(2)10-11-27-20(15-12-17(31-3)23(33-5)18(13-15)32-4)19(22(29)24(27)30)21(28)14-6-8-16(25)9-7-14/h6-9,12-13,20,28H,10-11H2,1-5H3/t20-/m0/s1. The second-order valence-electron chi connectivity index (χ2n) is 7.76. The highest BCUT2D eigenvalue weighted by Crippen LogP contribution is 2.45. The number of likely N-dealkylation sites (tertiary alicyclic amines) is 1. The topological polar surface area (TPSA) is 88.5 Å². The molecule has 0 saturated carbocycles. The lowest BCUT2D eigenvalue weighted by molar-refractivity contribution is -0.140. The molecule has 2 aromatic carbocycles. The summed E-state index contributed by atoms with van der Waals surface area (Å²) >= 11 is 0. The van der Waals surface area contributed by atoms with Gasteiger partial charge < -0.3 is 29.1 Å². The average molecular weight is 458 g/mol. The first kappa shape index (κ1) is 24.1. The molecular formula is C24H27FN2O6. The molecule has 1 heterocycles. The predicted molar refractivity (Wildman–Crippen MR) is 120 cm³/mol. The van der Waals surface area contributed by atoms with E-state index in [4.69, 9.17) is 14.2 Å². The lowest BCUT2D eigenvalue weighted by Crippen LogP contribution is -2.35. The molecule has 33 heavy (non-hydrogen) atoms. The first-order valence-corrected chi connectivity index (χ1v) is 10.2. The van der Waals surface area contributed by atoms with Crippen molar-refractivity contribution in [2.24, 2.45) is 0 Å². The van der Waals surface area contributed by atoms with Crippen LogP contribution in [0, 0.1) is 5.82 Å². The number of benzene rings is 2. The number of carbonyl (C=O) groups excluding carboxylic acids is 2. The summed E-state index contributed by atoms with van der Waals surface area (Å²) in [4.78, 5) is 29.4. The van der Waals surface area contributed by atoms with Gasteiger partial charge in [0.15, 0.2) is 11.5 Å². The van der Waals surface area contributed by atoms with Crippen LogP contribution in [0.1, 0.15) is 17.2 Å². The smallest absolute Gasteiger partial charge is 0.295 e. The maximum atomic E-state index is 13.4. The summed E-state index contributed by atoms with van der Waals surface area (Å²) in [6, 6.07) is 7.41. The SMILES string of the molecule is COc1cc([C@H]2C(=C(O)c3ccc(F)cc3)C(=O)C(=O)N2CCN(C)C)cc(OC)c1OC. The summed E-state index contributed by atoms with van der Waals surface area (Å²) in [5.74, 6) is -1.40. The van der Waals surface area contributed by atoms with Crippen molar-refractivity contribution in [1.82, 2.24) is 9.80 Å². The van der Waals surface area contributed by atoms with Crippen molar-refractivity contribution in [2.45, 2.75) is 6.04 Å². The molecule has 1 aliphatic heterocycles. The molecule has 0 spiro atoms. The number of carbonyl (C=O) groups is 2. The van der Waals surface area contributed by atoms with E-state index in [9.17, 15) is 19.1 Å². The number of Topliss-reactive ketones (excluding diaryl/α,β-unsaturated/α-hetero) is 1. The molecule has 2 aromatic rings. The zero-order chi connectivity index (χ0) is 24.3. The fourth-order valence-corrected chi connectivity index (χ4v) is 3.79. The van der Waals surface area contributed by atoms with Gasteiger partial charge in [-0.05, 0) is 56.1 Å². The number of halogens is 1. The Hall–Kier alpha value is -3.59. The number of rotatable bonds is 8. The summed E-state index contributed by atoms with van der Waals surface area (Å²) < 4.78 is 29.7. The van der Waals surface area contributed by atoms with Crippen LogP contribution < -0.4 is 14.2 Å². The highest BCUT2D eigenvalue weighted by Gasteiger charge is 2.46. The highest BCUT2D eigenvalue weighted by atomic mass is 19.1. The van der Waals surface area contributed by atoms with Gasteiger partial charge in [-0.15, -0.1) is 0 Å². The summed E-state index contributed by atoms with van der Waals surface area (Å²) in [6.45, 7) is 0.726. The fourth-order valence-electron chi connectivity index (χ4n) is 3.79. The lowest BCUT2D eigenvalue weighted by Gasteiger charge is -2.27. The average Bonchev–Trinajstić information content (AvgIpc) is 3.06. The molecular weight excluding hydrogens is 431 g/mol. The van der Waals surface area contributed by atoms with Crippen LogP contribution in [-0.4, -0.2) is 75.1 Å². The maximum absolute atomic E-state index is 13.4. The van der Waals surface area contributed by atoms with E-state index < -0.39 is 23.5 Å². The molecule has 8 nitrogen and oxygen atoms in total. The van der Waals surface area contributed by atoms with E-state index in [0.717, 1.165) is 0 Å². The first-order chi connectivity index (χ1) is 15.7. The van der Waals surface area contributed by atoms with Crippen LogP contribution in [0.15, 0.2) is 42.0 Å². The summed E-state index contributed by atoms with van der Waals surface area (Å²) in [7, 11) is 8.09. The Balaban J connectivity index is 2.25. The van der Waals surface area contributed by atoms with Gasteiger partial charge in [0, 0.05) is 18.7 Å². The van der Waals surface area contributed by atoms with E-state index in [-0.39, 0.29) is 23.4 Å². The van der Waals surface area contributed by atoms with Crippen LogP contribution >= 0.6 is 0 Å². The zero-order valence-electron chi connectivity index (χ0n) is 19.2. The van der Waals surface area contributed by atoms with E-state index in [1.807, 2.05) is 19.0 Å². The van der Waals surface area contributed by atoms with E-state index >= 15 is 0 Å². The van der Waals surface area contributed by atoms with Crippen LogP contribution in [0.3, 0.4) is 0 Å². The number of hydrogen-bond donors (Lipinski definition) is 1. The third-order valence-electron chi connectivity index (χ3n) is 5.45. The Morgan fingerprint density at radius 2 is 1.61 bits per heavy atom. The van der Waals surface area contributed by atoms with Gasteiger partial charge in [-0.2, -0.15) is 0 Å². The normalized spacial score (nSPS) is 17.5. The van der Waals surface area contributed by atoms with Gasteiger partial charge in [0.1, 0.15) is 11.6 Å². The van der Waals surface area contributed by atoms with Crippen molar-refractivity contribution in [3.05, 3.63) is 58.9 Å². The number of amides is 1. The van der Waals surface area contributed by atoms with Crippen LogP contribution in [0.4, 0.5) is 4.39 Å². The Labute approximate surface area is 191 Å². The van der Waals surface area contributed by atoms with Gasteiger partial charge in [-0.3, -0.25) is 9.59 Å². The second kappa shape index (κ2) is 9.91. The van der Waals surface area contributed by atoms with Gasteiger partial charge >= 0.3 is 0 Å². The Bertz CT molecular complexity index is 1060. The van der Waals surface area contributed by atoms with E-state index in [1.54, 1.807) is 12.1 Å². The van der Waals surface area contributed by atoms with Crippen LogP contribution in [-0.2, 0) is 9.59 Å². The number of likely N-dealkylation sites (N-methyl/N-ethyl adjacent to an activating group) is 1. The van der Waals surface area contributed by atoms with Crippen molar-refractivity contribution < 1.29 is 33.3 Å². The monoisotopic (exact) mass is 458 g/mol. The Kier molecular flexibility index (Phi) is 7.23. The molecule has 9 heteroatoms. The van der Waals surface area contributed by atoms with Crippen molar-refractivity contribution in [1.29, 1.82) is 0 Å². The van der Waals surface area contributed by atoms with Crippen LogP contribution in [0.5, 0.6) is 17.2 Å². The van der Waals surface area contributed by atoms with Gasteiger partial charge in [0.05, 0.1) is 32.9 Å². The van der Waals surface area contributed by atoms with E-state index in [2.05, 4.69) is 0 Å². The van der Waals surface area contributed by atoms with Gasteiger partial charge in [0.25, 0.3) is 11.7 Å². The molecule has 0 bridgehead atoms. The maximum Gasteiger partial charge on any atom is 0.295 e. The van der Waals surface area contributed by atoms with Crippen molar-refractivity contribution in [3.8, 4) is 17.2 Å². The first-order valence-electron chi connectivity index (χ1n) is 10.2. The molecule has 176 valence electrons. The quantitative estimate of drug-likeness (QED) is 0.370. The van der Waals surface area contributed by atoms with Crippen molar-refractivity contribution in [2.75, 3.05) is 48.5 Å². The summed E-state index contributed by atoms with van der Waals surface area (Å²) in [5, 5.41) is 11.0. The van der Waals surface area contributed by atoms with Crippen LogP contribution in [0.2, 0.25) is 0 Å². The number of nitrogens with zero attached hydrogens (tertiary/aromatic N) is 2. The van der Waals surface area contributed by atoms with Crippen LogP contribution in [0.25, 0.3) is 5.76 Å². The molecule has 1 fully saturated rings. The van der Waals surface area contributed by atoms with Gasteiger partial charge in [-0.25, -0.2) is 4.39 Å². The summed E-state index contributed by atoms with van der Waals surface area (Å²) in [6.07, 6.45) is 0. The minimum atomic E-state index is -0.913. The lowest BCUT2D eigenvalue weighted by atomic mass is 9.94. The number of hydrogen-bond acceptors (Lipinski definition) is 7. The Morgan fingerprint density at radius 3 is 2.09 bits per heavy atom. The molecule has 0 aromatic heterocycles. The molecule has 1 N–H and O–H groups in total. The molecule has 0 unspecified atom stereocenters. The molecule has 1 amide bonds. The molecule has 0 aliphatic carbocycles. The van der Waals surface area contributed by atoms with Gasteiger partial charge in [-0.1, -0.05) is 0 Å². The van der Waals surface area contributed by atoms with E-state index in [1.165, 1.54) is 50.5 Å². The second-order valence-corrected chi connectivity index (χ2v) is 7.76. The molecule has 3 rings (SSSR count). The summed E-state index contributed by atoms with van der Waals surface area (Å²) in [5.41, 5.74) is 0.616. The molecule has 1 atom stereocenters.